The van der Waals surface area contributed by atoms with Crippen molar-refractivity contribution in [3.8, 4) is 0 Å². The molecule has 0 fully saturated rings. The van der Waals surface area contributed by atoms with E-state index < -0.39 is 0 Å². The van der Waals surface area contributed by atoms with Gasteiger partial charge < -0.3 is 4.42 Å². The van der Waals surface area contributed by atoms with Crippen LogP contribution in [-0.2, 0) is 0 Å². The predicted molar refractivity (Wildman–Crippen MR) is 69.5 cm³/mol. The van der Waals surface area contributed by atoms with Gasteiger partial charge in [0.05, 0.1) is 15.6 Å². The molecule has 0 unspecified atom stereocenters. The van der Waals surface area contributed by atoms with Crippen LogP contribution in [0.15, 0.2) is 38.7 Å². The lowest BCUT2D eigenvalue weighted by molar-refractivity contribution is 0.101. The third-order valence-corrected chi connectivity index (χ3v) is 4.90. The van der Waals surface area contributed by atoms with Crippen molar-refractivity contribution in [1.82, 2.24) is 0 Å². The molecule has 16 heavy (non-hydrogen) atoms. The maximum Gasteiger partial charge on any atom is 0.239 e. The molecule has 0 spiro atoms. The van der Waals surface area contributed by atoms with E-state index >= 15 is 0 Å². The molecule has 0 aromatic carbocycles. The molecule has 3 rings (SSSR count). The lowest BCUT2D eigenvalue weighted by Crippen LogP contribution is -1.96. The lowest BCUT2D eigenvalue weighted by atomic mass is 10.2. The van der Waals surface area contributed by atoms with Crippen LogP contribution < -0.4 is 0 Å². The average Bonchev–Trinajstić information content (AvgIpc) is 2.89. The molecule has 0 amide bonds. The zero-order valence-electron chi connectivity index (χ0n) is 7.90. The van der Waals surface area contributed by atoms with Crippen molar-refractivity contribution >= 4 is 53.8 Å². The van der Waals surface area contributed by atoms with Gasteiger partial charge in [-0.3, -0.25) is 4.79 Å². The molecule has 2 nitrogen and oxygen atoms in total. The van der Waals surface area contributed by atoms with Crippen LogP contribution in [0.25, 0.3) is 9.40 Å². The van der Waals surface area contributed by atoms with Gasteiger partial charge in [0, 0.05) is 9.40 Å². The molecule has 0 radical (unpaired) electrons. The summed E-state index contributed by atoms with van der Waals surface area (Å²) in [6, 6.07) is 5.67. The highest BCUT2D eigenvalue weighted by Crippen LogP contribution is 2.32. The summed E-state index contributed by atoms with van der Waals surface area (Å²) in [5.41, 5.74) is 0. The Kier molecular flexibility index (Phi) is 2.46. The van der Waals surface area contributed by atoms with Crippen molar-refractivity contribution in [3.05, 3.63) is 45.0 Å². The second kappa shape index (κ2) is 3.84. The summed E-state index contributed by atoms with van der Waals surface area (Å²) in [5, 5.41) is 2.03. The third kappa shape index (κ3) is 1.55. The van der Waals surface area contributed by atoms with Crippen molar-refractivity contribution in [1.29, 1.82) is 0 Å². The maximum absolute atomic E-state index is 12.1. The van der Waals surface area contributed by atoms with Gasteiger partial charge >= 0.3 is 0 Å². The van der Waals surface area contributed by atoms with E-state index in [1.54, 1.807) is 17.4 Å². The van der Waals surface area contributed by atoms with Crippen LogP contribution in [0.5, 0.6) is 0 Å². The molecule has 0 saturated carbocycles. The van der Waals surface area contributed by atoms with Gasteiger partial charge in [-0.1, -0.05) is 0 Å². The molecule has 0 N–H and O–H groups in total. The number of rotatable bonds is 2. The number of fused-ring (bicyclic) bond motifs is 1. The van der Waals surface area contributed by atoms with Gasteiger partial charge in [0.1, 0.15) is 0 Å². The molecule has 0 atom stereocenters. The first-order chi connectivity index (χ1) is 7.75. The van der Waals surface area contributed by atoms with Gasteiger partial charge in [0.25, 0.3) is 0 Å². The molecule has 0 aliphatic rings. The minimum atomic E-state index is -0.0646. The van der Waals surface area contributed by atoms with E-state index in [9.17, 15) is 4.79 Å². The Balaban J connectivity index is 2.08. The molecule has 80 valence electrons. The Morgan fingerprint density at radius 1 is 1.31 bits per heavy atom. The largest absolute Gasteiger partial charge is 0.460 e. The SMILES string of the molecule is O=C(c1cc2sccc2s1)c1occc1Br. The molecule has 3 heterocycles. The zero-order chi connectivity index (χ0) is 11.1. The fourth-order valence-corrected chi connectivity index (χ4v) is 3.87. The molecule has 3 aromatic heterocycles. The second-order valence-corrected chi connectivity index (χ2v) is 6.07. The van der Waals surface area contributed by atoms with E-state index in [1.807, 2.05) is 17.5 Å². The van der Waals surface area contributed by atoms with Gasteiger partial charge in [-0.25, -0.2) is 0 Å². The summed E-state index contributed by atoms with van der Waals surface area (Å²) in [6.45, 7) is 0. The molecular weight excluding hydrogens is 308 g/mol. The first-order valence-electron chi connectivity index (χ1n) is 4.50. The van der Waals surface area contributed by atoms with Crippen LogP contribution in [0.1, 0.15) is 15.4 Å². The fraction of sp³-hybridized carbons (Fsp3) is 0. The van der Waals surface area contributed by atoms with Gasteiger partial charge in [-0.05, 0) is 39.5 Å². The van der Waals surface area contributed by atoms with Crippen LogP contribution in [0.4, 0.5) is 0 Å². The summed E-state index contributed by atoms with van der Waals surface area (Å²) in [6.07, 6.45) is 1.51. The third-order valence-electron chi connectivity index (χ3n) is 2.19. The molecule has 3 aromatic rings. The number of hydrogen-bond acceptors (Lipinski definition) is 4. The lowest BCUT2D eigenvalue weighted by Gasteiger charge is -1.92. The summed E-state index contributed by atoms with van der Waals surface area (Å²) in [7, 11) is 0. The first kappa shape index (κ1) is 10.3. The van der Waals surface area contributed by atoms with E-state index in [0.29, 0.717) is 10.2 Å². The van der Waals surface area contributed by atoms with Crippen LogP contribution in [0, 0.1) is 0 Å². The van der Waals surface area contributed by atoms with E-state index in [4.69, 9.17) is 4.42 Å². The van der Waals surface area contributed by atoms with Gasteiger partial charge in [-0.2, -0.15) is 0 Å². The Bertz CT molecular complexity index is 634. The summed E-state index contributed by atoms with van der Waals surface area (Å²) >= 11 is 6.43. The minimum absolute atomic E-state index is 0.0646. The van der Waals surface area contributed by atoms with Gasteiger partial charge in [0.15, 0.2) is 5.76 Å². The molecule has 5 heteroatoms. The average molecular weight is 313 g/mol. The Morgan fingerprint density at radius 3 is 2.88 bits per heavy atom. The van der Waals surface area contributed by atoms with E-state index in [2.05, 4.69) is 15.9 Å². The molecule has 0 aliphatic heterocycles. The molecular formula is C11H5BrO2S2. The minimum Gasteiger partial charge on any atom is -0.460 e. The van der Waals surface area contributed by atoms with E-state index in [0.717, 1.165) is 14.3 Å². The normalized spacial score (nSPS) is 11.1. The van der Waals surface area contributed by atoms with Crippen molar-refractivity contribution < 1.29 is 9.21 Å². The predicted octanol–water partition coefficient (Wildman–Crippen LogP) is 4.55. The van der Waals surface area contributed by atoms with Crippen molar-refractivity contribution in [2.75, 3.05) is 0 Å². The smallest absolute Gasteiger partial charge is 0.239 e. The summed E-state index contributed by atoms with van der Waals surface area (Å²) in [5.74, 6) is 0.305. The summed E-state index contributed by atoms with van der Waals surface area (Å²) < 4.78 is 8.17. The molecule has 0 bridgehead atoms. The van der Waals surface area contributed by atoms with Gasteiger partial charge in [-0.15, -0.1) is 22.7 Å². The van der Waals surface area contributed by atoms with Crippen LogP contribution in [-0.4, -0.2) is 5.78 Å². The number of hydrogen-bond donors (Lipinski definition) is 0. The molecule has 0 aliphatic carbocycles. The van der Waals surface area contributed by atoms with E-state index in [-0.39, 0.29) is 5.78 Å². The Hall–Kier alpha value is -0.910. The fourth-order valence-electron chi connectivity index (χ4n) is 1.45. The second-order valence-electron chi connectivity index (χ2n) is 3.19. The highest BCUT2D eigenvalue weighted by molar-refractivity contribution is 9.10. The van der Waals surface area contributed by atoms with E-state index in [1.165, 1.54) is 17.6 Å². The highest BCUT2D eigenvalue weighted by atomic mass is 79.9. The molecule has 0 saturated heterocycles. The standard InChI is InChI=1S/C11H5BrO2S2/c12-6-1-3-14-11(6)10(13)9-5-8-7(16-9)2-4-15-8/h1-5H. The Labute approximate surface area is 108 Å². The zero-order valence-corrected chi connectivity index (χ0v) is 11.1. The van der Waals surface area contributed by atoms with Crippen molar-refractivity contribution in [3.63, 3.8) is 0 Å². The first-order valence-corrected chi connectivity index (χ1v) is 6.99. The number of ketones is 1. The number of furan rings is 1. The number of carbonyl (C=O) groups is 1. The van der Waals surface area contributed by atoms with Crippen LogP contribution in [0.2, 0.25) is 0 Å². The van der Waals surface area contributed by atoms with Crippen molar-refractivity contribution in [2.45, 2.75) is 0 Å². The number of thiophene rings is 2. The monoisotopic (exact) mass is 312 g/mol. The number of halogens is 1. The Morgan fingerprint density at radius 2 is 2.19 bits per heavy atom. The van der Waals surface area contributed by atoms with Crippen LogP contribution in [0.3, 0.4) is 0 Å². The quantitative estimate of drug-likeness (QED) is 0.650. The van der Waals surface area contributed by atoms with Crippen molar-refractivity contribution in [2.24, 2.45) is 0 Å². The maximum atomic E-state index is 12.1. The highest BCUT2D eigenvalue weighted by Gasteiger charge is 2.18. The topological polar surface area (TPSA) is 30.2 Å². The summed E-state index contributed by atoms with van der Waals surface area (Å²) in [4.78, 5) is 12.8. The number of carbonyl (C=O) groups excluding carboxylic acids is 1. The van der Waals surface area contributed by atoms with Crippen LogP contribution >= 0.6 is 38.6 Å². The van der Waals surface area contributed by atoms with Gasteiger partial charge in [0.2, 0.25) is 5.78 Å².